The molecule has 0 heterocycles. The van der Waals surface area contributed by atoms with Crippen molar-refractivity contribution in [2.24, 2.45) is 0 Å². The standard InChI is InChI=1S/C14H10.C3H8OS/c1-2-6-12-10-14-8-4-3-7-13(14)9-11(12)5-1;4-2-1-3-5/h1-10H;4-5H,1-3H2. The zero-order chi connectivity index (χ0) is 13.5. The molecule has 0 saturated carbocycles. The predicted molar refractivity (Wildman–Crippen MR) is 87.0 cm³/mol. The molecular weight excluding hydrogens is 252 g/mol. The molecule has 0 aliphatic rings. The number of hydrogen-bond donors (Lipinski definition) is 2. The first-order chi connectivity index (χ1) is 9.35. The van der Waals surface area contributed by atoms with Crippen LogP contribution >= 0.6 is 12.6 Å². The van der Waals surface area contributed by atoms with Crippen molar-refractivity contribution in [2.45, 2.75) is 6.42 Å². The van der Waals surface area contributed by atoms with E-state index < -0.39 is 0 Å². The fourth-order valence-electron chi connectivity index (χ4n) is 1.95. The summed E-state index contributed by atoms with van der Waals surface area (Å²) in [6.45, 7) is 0.267. The van der Waals surface area contributed by atoms with Gasteiger partial charge in [-0.25, -0.2) is 0 Å². The molecule has 2 heteroatoms. The van der Waals surface area contributed by atoms with Crippen LogP contribution in [0.3, 0.4) is 0 Å². The Hall–Kier alpha value is -1.51. The summed E-state index contributed by atoms with van der Waals surface area (Å²) >= 11 is 3.84. The van der Waals surface area contributed by atoms with E-state index in [4.69, 9.17) is 5.11 Å². The van der Waals surface area contributed by atoms with Crippen LogP contribution in [0, 0.1) is 0 Å². The van der Waals surface area contributed by atoms with Crippen LogP contribution in [0.15, 0.2) is 60.7 Å². The molecule has 19 heavy (non-hydrogen) atoms. The number of benzene rings is 3. The molecule has 0 aromatic heterocycles. The Balaban J connectivity index is 0.000000232. The van der Waals surface area contributed by atoms with Gasteiger partial charge in [0.1, 0.15) is 0 Å². The van der Waals surface area contributed by atoms with Crippen LogP contribution in [-0.2, 0) is 0 Å². The highest BCUT2D eigenvalue weighted by Crippen LogP contribution is 2.21. The van der Waals surface area contributed by atoms with E-state index in [0.717, 1.165) is 12.2 Å². The molecule has 1 N–H and O–H groups in total. The Kier molecular flexibility index (Phi) is 5.25. The third-order valence-corrected chi connectivity index (χ3v) is 3.25. The Morgan fingerprint density at radius 2 is 1.11 bits per heavy atom. The second-order valence-electron chi connectivity index (χ2n) is 4.35. The minimum Gasteiger partial charge on any atom is -0.396 e. The maximum absolute atomic E-state index is 8.02. The van der Waals surface area contributed by atoms with E-state index in [1.807, 2.05) is 0 Å². The van der Waals surface area contributed by atoms with Crippen LogP contribution in [0.4, 0.5) is 0 Å². The number of hydrogen-bond acceptors (Lipinski definition) is 2. The number of aliphatic hydroxyl groups excluding tert-OH is 1. The molecule has 0 atom stereocenters. The zero-order valence-electron chi connectivity index (χ0n) is 10.8. The van der Waals surface area contributed by atoms with Gasteiger partial charge in [-0.1, -0.05) is 48.5 Å². The largest absolute Gasteiger partial charge is 0.396 e. The second-order valence-corrected chi connectivity index (χ2v) is 4.79. The van der Waals surface area contributed by atoms with Gasteiger partial charge in [-0.2, -0.15) is 12.6 Å². The van der Waals surface area contributed by atoms with E-state index in [0.29, 0.717) is 0 Å². The fourth-order valence-corrected chi connectivity index (χ4v) is 2.09. The zero-order valence-corrected chi connectivity index (χ0v) is 11.7. The second kappa shape index (κ2) is 7.17. The molecular formula is C17H18OS. The van der Waals surface area contributed by atoms with Gasteiger partial charge < -0.3 is 5.11 Å². The summed E-state index contributed by atoms with van der Waals surface area (Å²) in [6.07, 6.45) is 0.809. The third kappa shape index (κ3) is 3.72. The van der Waals surface area contributed by atoms with Gasteiger partial charge in [-0.3, -0.25) is 0 Å². The third-order valence-electron chi connectivity index (χ3n) is 2.93. The highest BCUT2D eigenvalue weighted by Gasteiger charge is 1.95. The van der Waals surface area contributed by atoms with E-state index in [-0.39, 0.29) is 6.61 Å². The average Bonchev–Trinajstić information content (AvgIpc) is 2.46. The molecule has 0 saturated heterocycles. The highest BCUT2D eigenvalue weighted by molar-refractivity contribution is 7.80. The van der Waals surface area contributed by atoms with Gasteiger partial charge in [0, 0.05) is 6.61 Å². The van der Waals surface area contributed by atoms with Gasteiger partial charge in [0.2, 0.25) is 0 Å². The molecule has 0 bridgehead atoms. The van der Waals surface area contributed by atoms with E-state index >= 15 is 0 Å². The molecule has 0 spiro atoms. The first-order valence-electron chi connectivity index (χ1n) is 6.44. The van der Waals surface area contributed by atoms with E-state index in [1.165, 1.54) is 21.5 Å². The maximum Gasteiger partial charge on any atom is 0.0438 e. The Morgan fingerprint density at radius 1 is 0.737 bits per heavy atom. The molecule has 0 unspecified atom stereocenters. The molecule has 0 radical (unpaired) electrons. The predicted octanol–water partition coefficient (Wildman–Crippen LogP) is 4.29. The minimum absolute atomic E-state index is 0.267. The fraction of sp³-hybridized carbons (Fsp3) is 0.176. The van der Waals surface area contributed by atoms with Gasteiger partial charge >= 0.3 is 0 Å². The van der Waals surface area contributed by atoms with Crippen LogP contribution in [0.25, 0.3) is 21.5 Å². The molecule has 3 rings (SSSR count). The van der Waals surface area contributed by atoms with Crippen molar-refractivity contribution in [1.82, 2.24) is 0 Å². The van der Waals surface area contributed by atoms with Gasteiger partial charge in [-0.15, -0.1) is 0 Å². The van der Waals surface area contributed by atoms with Crippen LogP contribution in [0.5, 0.6) is 0 Å². The first kappa shape index (κ1) is 13.9. The molecule has 3 aromatic rings. The van der Waals surface area contributed by atoms with Gasteiger partial charge in [-0.05, 0) is 45.9 Å². The summed E-state index contributed by atoms with van der Waals surface area (Å²) in [5.41, 5.74) is 0. The molecule has 3 aromatic carbocycles. The van der Waals surface area contributed by atoms with E-state index in [9.17, 15) is 0 Å². The number of fused-ring (bicyclic) bond motifs is 2. The lowest BCUT2D eigenvalue weighted by molar-refractivity contribution is 0.296. The number of aliphatic hydroxyl groups is 1. The number of rotatable bonds is 2. The van der Waals surface area contributed by atoms with Crippen molar-refractivity contribution in [3.8, 4) is 0 Å². The number of thiol groups is 1. The lowest BCUT2D eigenvalue weighted by Gasteiger charge is -2.00. The Labute approximate surface area is 119 Å². The summed E-state index contributed by atoms with van der Waals surface area (Å²) in [5, 5.41) is 13.3. The minimum atomic E-state index is 0.267. The van der Waals surface area contributed by atoms with Crippen LogP contribution in [-0.4, -0.2) is 17.5 Å². The summed E-state index contributed by atoms with van der Waals surface area (Å²) in [7, 11) is 0. The van der Waals surface area contributed by atoms with Crippen LogP contribution in [0.2, 0.25) is 0 Å². The topological polar surface area (TPSA) is 20.2 Å². The average molecular weight is 270 g/mol. The molecule has 0 amide bonds. The SMILES string of the molecule is OCCCS.c1ccc2cc3ccccc3cc2c1. The summed E-state index contributed by atoms with van der Waals surface area (Å²) in [6, 6.07) is 21.4. The molecule has 98 valence electrons. The van der Waals surface area contributed by atoms with E-state index in [2.05, 4.69) is 73.3 Å². The highest BCUT2D eigenvalue weighted by atomic mass is 32.1. The molecule has 0 aliphatic heterocycles. The molecule has 0 fully saturated rings. The molecule has 1 nitrogen and oxygen atoms in total. The lowest BCUT2D eigenvalue weighted by atomic mass is 10.0. The lowest BCUT2D eigenvalue weighted by Crippen LogP contribution is -1.79. The normalized spacial score (nSPS) is 10.2. The van der Waals surface area contributed by atoms with Crippen molar-refractivity contribution in [2.75, 3.05) is 12.4 Å². The van der Waals surface area contributed by atoms with Gasteiger partial charge in [0.25, 0.3) is 0 Å². The monoisotopic (exact) mass is 270 g/mol. The van der Waals surface area contributed by atoms with Crippen molar-refractivity contribution in [3.63, 3.8) is 0 Å². The quantitative estimate of drug-likeness (QED) is 0.526. The van der Waals surface area contributed by atoms with Crippen LogP contribution < -0.4 is 0 Å². The van der Waals surface area contributed by atoms with E-state index in [1.54, 1.807) is 0 Å². The Bertz CT molecular complexity index is 542. The van der Waals surface area contributed by atoms with Gasteiger partial charge in [0.15, 0.2) is 0 Å². The summed E-state index contributed by atoms with van der Waals surface area (Å²) in [5.74, 6) is 0.788. The molecule has 0 aliphatic carbocycles. The van der Waals surface area contributed by atoms with Crippen molar-refractivity contribution in [3.05, 3.63) is 60.7 Å². The summed E-state index contributed by atoms with van der Waals surface area (Å²) < 4.78 is 0. The van der Waals surface area contributed by atoms with Gasteiger partial charge in [0.05, 0.1) is 0 Å². The maximum atomic E-state index is 8.02. The first-order valence-corrected chi connectivity index (χ1v) is 7.07. The van der Waals surface area contributed by atoms with Crippen LogP contribution in [0.1, 0.15) is 6.42 Å². The smallest absolute Gasteiger partial charge is 0.0438 e. The van der Waals surface area contributed by atoms with Crippen molar-refractivity contribution >= 4 is 34.2 Å². The Morgan fingerprint density at radius 3 is 1.32 bits per heavy atom. The van der Waals surface area contributed by atoms with Crippen molar-refractivity contribution < 1.29 is 5.11 Å². The van der Waals surface area contributed by atoms with Crippen molar-refractivity contribution in [1.29, 1.82) is 0 Å². The summed E-state index contributed by atoms with van der Waals surface area (Å²) in [4.78, 5) is 0.